The maximum absolute atomic E-state index is 12.6. The predicted octanol–water partition coefficient (Wildman–Crippen LogP) is 10.6. The van der Waals surface area contributed by atoms with Crippen molar-refractivity contribution in [2.24, 2.45) is 0 Å². The average molecular weight is 776 g/mol. The number of ether oxygens (including phenoxy) is 2. The number of hydrogen-bond acceptors (Lipinski definition) is 8. The first-order valence-electron chi connectivity index (χ1n) is 20.3. The van der Waals surface area contributed by atoms with Gasteiger partial charge in [0.15, 0.2) is 6.10 Å². The lowest BCUT2D eigenvalue weighted by Gasteiger charge is -2.28. The molecule has 0 radical (unpaired) electrons. The minimum absolute atomic E-state index is 0.0469. The molecule has 2 unspecified atom stereocenters. The molecule has 0 aliphatic rings. The lowest BCUT2D eigenvalue weighted by Crippen LogP contribution is -2.37. The average Bonchev–Trinajstić information content (AvgIpc) is 3.12. The number of esters is 2. The smallest absolute Gasteiger partial charge is 0.306 e. The van der Waals surface area contributed by atoms with Crippen LogP contribution in [0.3, 0.4) is 0 Å². The van der Waals surface area contributed by atoms with E-state index in [1.165, 1.54) is 0 Å². The lowest BCUT2D eigenvalue weighted by molar-refractivity contribution is -0.870. The minimum Gasteiger partial charge on any atom is -0.756 e. The second kappa shape index (κ2) is 35.9. The maximum atomic E-state index is 12.6. The molecule has 0 aliphatic heterocycles. The van der Waals surface area contributed by atoms with Gasteiger partial charge in [0.25, 0.3) is 7.82 Å². The molecular weight excluding hydrogens is 701 g/mol. The van der Waals surface area contributed by atoms with Crippen LogP contribution in [0.2, 0.25) is 0 Å². The van der Waals surface area contributed by atoms with E-state index in [9.17, 15) is 19.0 Å². The standard InChI is InChI=1S/C44H74NO8P/c1-6-8-10-12-14-16-18-20-22-24-26-28-30-32-34-36-43(46)50-40-42(41-52-54(48,49)51-39-38-45(3,4)5)53-44(47)37-35-33-31-29-27-25-23-21-19-17-15-13-11-9-7-2/h8-11,14-17,20-23,27,29,42H,6-7,12-13,18-19,24-26,28,30-41H2,1-5H3/b10-8-,11-9-,16-14-,17-15-,22-20-,23-21-,29-27-. The van der Waals surface area contributed by atoms with Crippen molar-refractivity contribution in [2.45, 2.75) is 136 Å². The van der Waals surface area contributed by atoms with Crippen LogP contribution < -0.4 is 4.89 Å². The van der Waals surface area contributed by atoms with Crippen molar-refractivity contribution in [1.82, 2.24) is 0 Å². The zero-order chi connectivity index (χ0) is 40.0. The summed E-state index contributed by atoms with van der Waals surface area (Å²) in [6.07, 6.45) is 44.7. The zero-order valence-corrected chi connectivity index (χ0v) is 35.3. The van der Waals surface area contributed by atoms with E-state index in [1.54, 1.807) is 0 Å². The van der Waals surface area contributed by atoms with Crippen molar-refractivity contribution >= 4 is 19.8 Å². The van der Waals surface area contributed by atoms with Gasteiger partial charge < -0.3 is 27.9 Å². The first-order valence-corrected chi connectivity index (χ1v) is 21.8. The summed E-state index contributed by atoms with van der Waals surface area (Å²) < 4.78 is 33.7. The number of carbonyl (C=O) groups is 2. The molecule has 0 bridgehead atoms. The SMILES string of the molecule is CC/C=C\C/C=C\C/C=C\C/C=C\CCCCC(=O)OC(COC(=O)CCCCCCC/C=C\C/C=C\C/C=C\CC)COP(=O)([O-])OCC[N+](C)(C)C. The topological polar surface area (TPSA) is 111 Å². The van der Waals surface area contributed by atoms with Gasteiger partial charge in [-0.3, -0.25) is 14.2 Å². The number of rotatable bonds is 35. The first-order chi connectivity index (χ1) is 26.0. The van der Waals surface area contributed by atoms with Crippen LogP contribution in [0, 0.1) is 0 Å². The molecule has 0 fully saturated rings. The number of quaternary nitrogens is 1. The van der Waals surface area contributed by atoms with E-state index in [2.05, 4.69) is 98.9 Å². The van der Waals surface area contributed by atoms with E-state index in [-0.39, 0.29) is 26.1 Å². The molecule has 2 atom stereocenters. The quantitative estimate of drug-likeness (QED) is 0.0206. The van der Waals surface area contributed by atoms with Gasteiger partial charge in [-0.25, -0.2) is 0 Å². The predicted molar refractivity (Wildman–Crippen MR) is 222 cm³/mol. The van der Waals surface area contributed by atoms with E-state index in [4.69, 9.17) is 18.5 Å². The Labute approximate surface area is 329 Å². The van der Waals surface area contributed by atoms with E-state index in [1.807, 2.05) is 21.1 Å². The summed E-state index contributed by atoms with van der Waals surface area (Å²) in [7, 11) is 1.11. The number of phosphoric ester groups is 1. The van der Waals surface area contributed by atoms with Gasteiger partial charge >= 0.3 is 11.9 Å². The molecule has 0 N–H and O–H groups in total. The summed E-state index contributed by atoms with van der Waals surface area (Å²) in [5.41, 5.74) is 0. The fourth-order valence-electron chi connectivity index (χ4n) is 4.77. The molecule has 0 aromatic rings. The van der Waals surface area contributed by atoms with Gasteiger partial charge in [0.2, 0.25) is 0 Å². The molecule has 9 nitrogen and oxygen atoms in total. The van der Waals surface area contributed by atoms with Gasteiger partial charge in [0.1, 0.15) is 19.8 Å². The molecule has 0 spiro atoms. The number of carbonyl (C=O) groups excluding carboxylic acids is 2. The zero-order valence-electron chi connectivity index (χ0n) is 34.4. The largest absolute Gasteiger partial charge is 0.756 e. The molecule has 0 rings (SSSR count). The Bertz CT molecular complexity index is 1200. The monoisotopic (exact) mass is 776 g/mol. The van der Waals surface area contributed by atoms with Crippen molar-refractivity contribution in [2.75, 3.05) is 47.5 Å². The maximum Gasteiger partial charge on any atom is 0.306 e. The lowest BCUT2D eigenvalue weighted by atomic mass is 10.1. The number of allylic oxidation sites excluding steroid dienone is 14. The number of unbranched alkanes of at least 4 members (excludes halogenated alkanes) is 7. The van der Waals surface area contributed by atoms with Crippen LogP contribution in [0.4, 0.5) is 0 Å². The Morgan fingerprint density at radius 1 is 0.574 bits per heavy atom. The summed E-state index contributed by atoms with van der Waals surface area (Å²) >= 11 is 0. The summed E-state index contributed by atoms with van der Waals surface area (Å²) in [4.78, 5) is 37.4. The van der Waals surface area contributed by atoms with E-state index in [0.29, 0.717) is 23.9 Å². The van der Waals surface area contributed by atoms with Crippen molar-refractivity contribution in [3.05, 3.63) is 85.1 Å². The van der Waals surface area contributed by atoms with Crippen molar-refractivity contribution in [3.63, 3.8) is 0 Å². The highest BCUT2D eigenvalue weighted by Gasteiger charge is 2.21. The van der Waals surface area contributed by atoms with Gasteiger partial charge in [-0.2, -0.15) is 0 Å². The Morgan fingerprint density at radius 2 is 1.00 bits per heavy atom. The second-order valence-electron chi connectivity index (χ2n) is 14.2. The molecule has 0 heterocycles. The summed E-state index contributed by atoms with van der Waals surface area (Å²) in [5.74, 6) is -0.915. The molecular formula is C44H74NO8P. The summed E-state index contributed by atoms with van der Waals surface area (Å²) in [6.45, 7) is 3.89. The second-order valence-corrected chi connectivity index (χ2v) is 15.6. The third-order valence-electron chi connectivity index (χ3n) is 7.91. The van der Waals surface area contributed by atoms with Crippen molar-refractivity contribution in [1.29, 1.82) is 0 Å². The minimum atomic E-state index is -4.64. The third kappa shape index (κ3) is 38.9. The molecule has 54 heavy (non-hydrogen) atoms. The highest BCUT2D eigenvalue weighted by molar-refractivity contribution is 7.45. The summed E-state index contributed by atoms with van der Waals surface area (Å²) in [5, 5.41) is 0. The Kier molecular flexibility index (Phi) is 34.0. The van der Waals surface area contributed by atoms with Gasteiger partial charge in [-0.05, 0) is 83.5 Å². The highest BCUT2D eigenvalue weighted by atomic mass is 31.2. The molecule has 0 saturated heterocycles. The van der Waals surface area contributed by atoms with Crippen LogP contribution in [0.25, 0.3) is 0 Å². The van der Waals surface area contributed by atoms with Crippen LogP contribution in [0.5, 0.6) is 0 Å². The summed E-state index contributed by atoms with van der Waals surface area (Å²) in [6, 6.07) is 0. The van der Waals surface area contributed by atoms with E-state index in [0.717, 1.165) is 89.9 Å². The van der Waals surface area contributed by atoms with Gasteiger partial charge in [-0.1, -0.05) is 118 Å². The molecule has 0 amide bonds. The molecule has 308 valence electrons. The normalized spacial score (nSPS) is 14.6. The fraction of sp³-hybridized carbons (Fsp3) is 0.636. The van der Waals surface area contributed by atoms with Crippen LogP contribution in [-0.4, -0.2) is 70.0 Å². The Balaban J connectivity index is 4.53. The highest BCUT2D eigenvalue weighted by Crippen LogP contribution is 2.38. The first kappa shape index (κ1) is 51.2. The molecule has 0 aliphatic carbocycles. The Morgan fingerprint density at radius 3 is 1.52 bits per heavy atom. The number of nitrogens with zero attached hydrogens (tertiary/aromatic N) is 1. The Hall–Kier alpha value is -2.81. The van der Waals surface area contributed by atoms with Crippen LogP contribution in [0.1, 0.15) is 129 Å². The molecule has 0 aromatic heterocycles. The van der Waals surface area contributed by atoms with Gasteiger partial charge in [0.05, 0.1) is 27.7 Å². The van der Waals surface area contributed by atoms with E-state index < -0.39 is 32.5 Å². The molecule has 0 aromatic carbocycles. The van der Waals surface area contributed by atoms with Crippen molar-refractivity contribution in [3.8, 4) is 0 Å². The van der Waals surface area contributed by atoms with Gasteiger partial charge in [0, 0.05) is 12.8 Å². The van der Waals surface area contributed by atoms with E-state index >= 15 is 0 Å². The van der Waals surface area contributed by atoms with Crippen LogP contribution in [0.15, 0.2) is 85.1 Å². The molecule has 10 heteroatoms. The number of phosphoric acid groups is 1. The fourth-order valence-corrected chi connectivity index (χ4v) is 5.50. The van der Waals surface area contributed by atoms with Crippen LogP contribution in [-0.2, 0) is 32.7 Å². The van der Waals surface area contributed by atoms with Crippen molar-refractivity contribution < 1.29 is 42.1 Å². The number of hydrogen-bond donors (Lipinski definition) is 0. The van der Waals surface area contributed by atoms with Gasteiger partial charge in [-0.15, -0.1) is 0 Å². The van der Waals surface area contributed by atoms with Crippen LogP contribution >= 0.6 is 7.82 Å². The molecule has 0 saturated carbocycles. The third-order valence-corrected chi connectivity index (χ3v) is 8.87. The number of likely N-dealkylation sites (N-methyl/N-ethyl adjacent to an activating group) is 1.